The molecular weight excluding hydrogens is 709 g/mol. The van der Waals surface area contributed by atoms with Crippen LogP contribution in [0.15, 0.2) is 0 Å². The number of alkyl carbamates (subject to hydrolysis) is 3. The summed E-state index contributed by atoms with van der Waals surface area (Å²) in [5.74, 6) is 0. The van der Waals surface area contributed by atoms with Crippen molar-refractivity contribution in [2.45, 2.75) is 245 Å². The van der Waals surface area contributed by atoms with E-state index in [2.05, 4.69) is 28.2 Å². The summed E-state index contributed by atoms with van der Waals surface area (Å²) in [6.07, 6.45) is 23.5. The molecule has 0 bridgehead atoms. The number of carbonyl (C=O) groups excluding carboxylic acids is 3. The first-order valence-corrected chi connectivity index (χ1v) is 22.6. The van der Waals surface area contributed by atoms with Crippen molar-refractivity contribution in [1.82, 2.24) is 21.3 Å². The van der Waals surface area contributed by atoms with E-state index in [-0.39, 0.29) is 6.10 Å². The van der Waals surface area contributed by atoms with Crippen LogP contribution in [0.3, 0.4) is 0 Å². The van der Waals surface area contributed by atoms with Crippen LogP contribution in [0.4, 0.5) is 14.4 Å². The van der Waals surface area contributed by atoms with Gasteiger partial charge in [0.25, 0.3) is 0 Å². The van der Waals surface area contributed by atoms with Gasteiger partial charge >= 0.3 is 18.3 Å². The largest absolute Gasteiger partial charge is 0.444 e. The Balaban J connectivity index is 4.81. The molecule has 0 saturated heterocycles. The van der Waals surface area contributed by atoms with Gasteiger partial charge in [-0.15, -0.1) is 0 Å². The molecule has 0 aromatic heterocycles. The van der Waals surface area contributed by atoms with Crippen LogP contribution in [-0.4, -0.2) is 78.0 Å². The van der Waals surface area contributed by atoms with E-state index in [1.54, 1.807) is 0 Å². The van der Waals surface area contributed by atoms with Gasteiger partial charge in [-0.1, -0.05) is 110 Å². The average Bonchev–Trinajstić information content (AvgIpc) is 3.06. The van der Waals surface area contributed by atoms with Gasteiger partial charge in [0.05, 0.1) is 6.10 Å². The molecule has 0 aromatic carbocycles. The molecule has 0 rings (SSSR count). The topological polar surface area (TPSA) is 147 Å². The first-order valence-electron chi connectivity index (χ1n) is 22.6. The van der Waals surface area contributed by atoms with Crippen LogP contribution in [0.25, 0.3) is 0 Å². The lowest BCUT2D eigenvalue weighted by Gasteiger charge is -2.36. The summed E-state index contributed by atoms with van der Waals surface area (Å²) in [5.41, 5.74) is -2.41. The summed E-state index contributed by atoms with van der Waals surface area (Å²) >= 11 is 0. The van der Waals surface area contributed by atoms with Crippen LogP contribution < -0.4 is 21.3 Å². The molecule has 0 radical (unpaired) electrons. The molecular formula is C45H90N4O7. The van der Waals surface area contributed by atoms with Crippen molar-refractivity contribution >= 4 is 18.3 Å². The van der Waals surface area contributed by atoms with E-state index in [1.807, 2.05) is 62.3 Å². The Kier molecular flexibility index (Phi) is 29.5. The second-order valence-corrected chi connectivity index (χ2v) is 19.0. The molecule has 0 aromatic rings. The number of carbonyl (C=O) groups is 3. The summed E-state index contributed by atoms with van der Waals surface area (Å²) in [4.78, 5) is 37.8. The van der Waals surface area contributed by atoms with Crippen LogP contribution in [0.5, 0.6) is 0 Å². The van der Waals surface area contributed by atoms with Gasteiger partial charge in [-0.05, 0) is 114 Å². The predicted molar refractivity (Wildman–Crippen MR) is 231 cm³/mol. The normalized spacial score (nSPS) is 12.9. The third-order valence-electron chi connectivity index (χ3n) is 9.55. The lowest BCUT2D eigenvalue weighted by molar-refractivity contribution is 0.0413. The highest BCUT2D eigenvalue weighted by Gasteiger charge is 2.33. The summed E-state index contributed by atoms with van der Waals surface area (Å²) in [7, 11) is 0. The smallest absolute Gasteiger partial charge is 0.408 e. The molecule has 0 aliphatic rings. The first kappa shape index (κ1) is 53.7. The van der Waals surface area contributed by atoms with E-state index in [1.165, 1.54) is 70.6 Å². The summed E-state index contributed by atoms with van der Waals surface area (Å²) in [5, 5.41) is 22.8. The van der Waals surface area contributed by atoms with Gasteiger partial charge < -0.3 is 40.6 Å². The number of hydrogen-bond donors (Lipinski definition) is 5. The van der Waals surface area contributed by atoms with Gasteiger partial charge in [-0.2, -0.15) is 0 Å². The number of aliphatic hydroxyl groups excluding tert-OH is 1. The maximum atomic E-state index is 13.2. The van der Waals surface area contributed by atoms with Crippen molar-refractivity contribution in [1.29, 1.82) is 0 Å². The van der Waals surface area contributed by atoms with E-state index in [9.17, 15) is 19.5 Å². The van der Waals surface area contributed by atoms with Gasteiger partial charge in [-0.25, -0.2) is 14.4 Å². The molecule has 1 atom stereocenters. The SMILES string of the molecule is CCCCCCCCCCCCCCC(O)CNCCCCCCCC(CCCNC(=O)OC(C)(C)C)(CCCNC(=O)OC(C)(C)C)NC(=O)OC(C)(C)C. The maximum Gasteiger partial charge on any atom is 0.408 e. The Bertz CT molecular complexity index is 968. The van der Waals surface area contributed by atoms with Gasteiger partial charge in [0.15, 0.2) is 0 Å². The van der Waals surface area contributed by atoms with E-state index >= 15 is 0 Å². The molecule has 0 saturated carbocycles. The van der Waals surface area contributed by atoms with E-state index in [0.717, 1.165) is 57.9 Å². The Morgan fingerprint density at radius 3 is 1.30 bits per heavy atom. The lowest BCUT2D eigenvalue weighted by atomic mass is 9.83. The van der Waals surface area contributed by atoms with Crippen LogP contribution >= 0.6 is 0 Å². The third-order valence-corrected chi connectivity index (χ3v) is 9.55. The Labute approximate surface area is 344 Å². The molecule has 0 aliphatic carbocycles. The Morgan fingerprint density at radius 1 is 0.482 bits per heavy atom. The van der Waals surface area contributed by atoms with Crippen molar-refractivity contribution in [3.8, 4) is 0 Å². The minimum absolute atomic E-state index is 0.276. The minimum Gasteiger partial charge on any atom is -0.444 e. The highest BCUT2D eigenvalue weighted by molar-refractivity contribution is 5.69. The second kappa shape index (κ2) is 30.8. The van der Waals surface area contributed by atoms with Crippen molar-refractivity contribution in [3.63, 3.8) is 0 Å². The minimum atomic E-state index is -0.650. The van der Waals surface area contributed by atoms with E-state index < -0.39 is 40.6 Å². The van der Waals surface area contributed by atoms with Crippen LogP contribution in [0.2, 0.25) is 0 Å². The average molecular weight is 799 g/mol. The van der Waals surface area contributed by atoms with Gasteiger partial charge in [0.2, 0.25) is 0 Å². The summed E-state index contributed by atoms with van der Waals surface area (Å²) in [6.45, 7) is 21.2. The molecule has 11 nitrogen and oxygen atoms in total. The Morgan fingerprint density at radius 2 is 0.857 bits per heavy atom. The third kappa shape index (κ3) is 36.1. The maximum absolute atomic E-state index is 13.2. The molecule has 5 N–H and O–H groups in total. The monoisotopic (exact) mass is 799 g/mol. The number of ether oxygens (including phenoxy) is 3. The van der Waals surface area contributed by atoms with Crippen LogP contribution in [-0.2, 0) is 14.2 Å². The standard InChI is InChI=1S/C45H90N4O7/c1-11-12-13-14-15-16-17-18-19-20-22-25-30-38(50)37-46-34-27-24-21-23-26-31-45(49-41(53)56-44(8,9)10,32-28-35-47-39(51)54-42(2,3)4)33-29-36-48-40(52)55-43(5,6)7/h38,46,50H,11-37H2,1-10H3,(H,47,51)(H,48,52)(H,49,53). The quantitative estimate of drug-likeness (QED) is 0.0334. The van der Waals surface area contributed by atoms with Crippen molar-refractivity contribution < 1.29 is 33.7 Å². The van der Waals surface area contributed by atoms with Gasteiger partial charge in [0.1, 0.15) is 16.8 Å². The van der Waals surface area contributed by atoms with Crippen LogP contribution in [0.1, 0.15) is 217 Å². The molecule has 0 aliphatic heterocycles. The van der Waals surface area contributed by atoms with Gasteiger partial charge in [0, 0.05) is 25.2 Å². The number of hydrogen-bond acceptors (Lipinski definition) is 8. The zero-order chi connectivity index (χ0) is 42.4. The molecule has 0 spiro atoms. The summed E-state index contributed by atoms with van der Waals surface area (Å²) in [6, 6.07) is 0. The fraction of sp³-hybridized carbons (Fsp3) is 0.933. The predicted octanol–water partition coefficient (Wildman–Crippen LogP) is 11.2. The second-order valence-electron chi connectivity index (χ2n) is 19.0. The molecule has 11 heteroatoms. The number of rotatable bonds is 32. The van der Waals surface area contributed by atoms with Crippen LogP contribution in [0, 0.1) is 0 Å². The van der Waals surface area contributed by atoms with Crippen molar-refractivity contribution in [3.05, 3.63) is 0 Å². The molecule has 56 heavy (non-hydrogen) atoms. The fourth-order valence-corrected chi connectivity index (χ4v) is 6.78. The number of aliphatic hydroxyl groups is 1. The zero-order valence-corrected chi connectivity index (χ0v) is 38.1. The fourth-order valence-electron chi connectivity index (χ4n) is 6.78. The number of unbranched alkanes of at least 4 members (excludes halogenated alkanes) is 15. The number of nitrogens with one attached hydrogen (secondary N) is 4. The molecule has 3 amide bonds. The van der Waals surface area contributed by atoms with Gasteiger partial charge in [-0.3, -0.25) is 0 Å². The number of amides is 3. The summed E-state index contributed by atoms with van der Waals surface area (Å²) < 4.78 is 16.5. The van der Waals surface area contributed by atoms with E-state index in [4.69, 9.17) is 14.2 Å². The molecule has 332 valence electrons. The molecule has 0 fully saturated rings. The lowest BCUT2D eigenvalue weighted by Crippen LogP contribution is -2.51. The zero-order valence-electron chi connectivity index (χ0n) is 38.1. The first-order chi connectivity index (χ1) is 26.3. The Hall–Kier alpha value is -2.27. The van der Waals surface area contributed by atoms with E-state index in [0.29, 0.717) is 45.3 Å². The molecule has 1 unspecified atom stereocenters. The highest BCUT2D eigenvalue weighted by atomic mass is 16.6. The molecule has 0 heterocycles. The highest BCUT2D eigenvalue weighted by Crippen LogP contribution is 2.28. The van der Waals surface area contributed by atoms with Crippen molar-refractivity contribution in [2.75, 3.05) is 26.2 Å². The van der Waals surface area contributed by atoms with Crippen molar-refractivity contribution in [2.24, 2.45) is 0 Å².